The number of ether oxygens (including phenoxy) is 4. The van der Waals surface area contributed by atoms with Crippen LogP contribution in [0.4, 0.5) is 0 Å². The van der Waals surface area contributed by atoms with Crippen molar-refractivity contribution in [2.75, 3.05) is 39.6 Å². The predicted octanol–water partition coefficient (Wildman–Crippen LogP) is 23.7. The van der Waals surface area contributed by atoms with E-state index in [4.69, 9.17) is 37.0 Å². The Bertz CT molecular complexity index is 1920. The summed E-state index contributed by atoms with van der Waals surface area (Å²) >= 11 is 0. The van der Waals surface area contributed by atoms with Crippen molar-refractivity contribution in [3.63, 3.8) is 0 Å². The lowest BCUT2D eigenvalue weighted by atomic mass is 10.0. The van der Waals surface area contributed by atoms with Crippen LogP contribution >= 0.6 is 15.6 Å². The fraction of sp³-hybridized carbons (Fsp3) is 0.950. The molecule has 0 heterocycles. The summed E-state index contributed by atoms with van der Waals surface area (Å²) in [6, 6.07) is 0. The van der Waals surface area contributed by atoms with Gasteiger partial charge in [-0.15, -0.1) is 0 Å². The first kappa shape index (κ1) is 97.1. The third-order valence-electron chi connectivity index (χ3n) is 18.6. The molecule has 0 bridgehead atoms. The molecule has 19 heteroatoms. The van der Waals surface area contributed by atoms with Crippen molar-refractivity contribution < 1.29 is 80.2 Å². The van der Waals surface area contributed by atoms with Crippen LogP contribution < -0.4 is 0 Å². The summed E-state index contributed by atoms with van der Waals surface area (Å²) in [7, 11) is -9.92. The first-order valence-electron chi connectivity index (χ1n) is 41.3. The first-order valence-corrected chi connectivity index (χ1v) is 44.3. The van der Waals surface area contributed by atoms with Gasteiger partial charge in [0.2, 0.25) is 0 Å². The molecule has 0 rings (SSSR count). The van der Waals surface area contributed by atoms with E-state index in [1.54, 1.807) is 0 Å². The molecule has 0 saturated heterocycles. The van der Waals surface area contributed by atoms with E-state index in [9.17, 15) is 43.2 Å². The molecule has 0 aliphatic heterocycles. The molecule has 0 aromatic heterocycles. The molecule has 5 atom stereocenters. The number of phosphoric ester groups is 2. The summed E-state index contributed by atoms with van der Waals surface area (Å²) in [5.74, 6) is 0.147. The minimum absolute atomic E-state index is 0.106. The third-order valence-corrected chi connectivity index (χ3v) is 20.5. The Kier molecular flexibility index (Phi) is 69.0. The molecule has 0 radical (unpaired) electrons. The Labute approximate surface area is 607 Å². The van der Waals surface area contributed by atoms with Gasteiger partial charge in [-0.2, -0.15) is 0 Å². The molecule has 0 aromatic carbocycles. The highest BCUT2D eigenvalue weighted by Gasteiger charge is 2.30. The maximum absolute atomic E-state index is 13.1. The largest absolute Gasteiger partial charge is 0.472 e. The number of hydrogen-bond acceptors (Lipinski definition) is 15. The smallest absolute Gasteiger partial charge is 0.462 e. The summed E-state index contributed by atoms with van der Waals surface area (Å²) < 4.78 is 68.7. The number of esters is 4. The summed E-state index contributed by atoms with van der Waals surface area (Å²) in [5.41, 5.74) is 0. The summed E-state index contributed by atoms with van der Waals surface area (Å²) in [4.78, 5) is 73.0. The van der Waals surface area contributed by atoms with E-state index in [2.05, 4.69) is 48.5 Å². The number of aliphatic hydroxyl groups excluding tert-OH is 1. The van der Waals surface area contributed by atoms with Crippen LogP contribution in [-0.4, -0.2) is 96.7 Å². The lowest BCUT2D eigenvalue weighted by Gasteiger charge is -2.21. The second kappa shape index (κ2) is 70.4. The minimum atomic E-state index is -4.96. The van der Waals surface area contributed by atoms with Gasteiger partial charge in [0.05, 0.1) is 26.4 Å². The van der Waals surface area contributed by atoms with E-state index < -0.39 is 97.5 Å². The monoisotopic (exact) mass is 1450 g/mol. The minimum Gasteiger partial charge on any atom is -0.462 e. The van der Waals surface area contributed by atoms with E-state index in [1.165, 1.54) is 218 Å². The maximum atomic E-state index is 13.1. The van der Waals surface area contributed by atoms with Gasteiger partial charge in [-0.05, 0) is 43.4 Å². The molecule has 0 fully saturated rings. The van der Waals surface area contributed by atoms with E-state index in [0.29, 0.717) is 31.6 Å². The number of unbranched alkanes of at least 4 members (excludes halogenated alkanes) is 46. The van der Waals surface area contributed by atoms with Crippen LogP contribution in [0.15, 0.2) is 0 Å². The highest BCUT2D eigenvalue weighted by atomic mass is 31.2. The molecule has 17 nitrogen and oxygen atoms in total. The van der Waals surface area contributed by atoms with Gasteiger partial charge in [0.15, 0.2) is 12.2 Å². The lowest BCUT2D eigenvalue weighted by Crippen LogP contribution is -2.30. The highest BCUT2D eigenvalue weighted by molar-refractivity contribution is 7.47. The second-order valence-electron chi connectivity index (χ2n) is 30.2. The topological polar surface area (TPSA) is 237 Å². The number of phosphoric acid groups is 2. The van der Waals surface area contributed by atoms with Crippen LogP contribution in [0.1, 0.15) is 414 Å². The number of aliphatic hydroxyl groups is 1. The molecule has 0 saturated carbocycles. The van der Waals surface area contributed by atoms with Gasteiger partial charge < -0.3 is 33.8 Å². The molecule has 588 valence electrons. The quantitative estimate of drug-likeness (QED) is 0.0222. The second-order valence-corrected chi connectivity index (χ2v) is 33.1. The van der Waals surface area contributed by atoms with Crippen molar-refractivity contribution >= 4 is 39.5 Å². The van der Waals surface area contributed by atoms with Gasteiger partial charge >= 0.3 is 39.5 Å². The molecular weight excluding hydrogens is 1290 g/mol. The zero-order valence-corrected chi connectivity index (χ0v) is 66.8. The van der Waals surface area contributed by atoms with Crippen molar-refractivity contribution in [2.45, 2.75) is 433 Å². The predicted molar refractivity (Wildman–Crippen MR) is 405 cm³/mol. The Hall–Kier alpha value is -1.94. The summed E-state index contributed by atoms with van der Waals surface area (Å²) in [5, 5.41) is 10.6. The summed E-state index contributed by atoms with van der Waals surface area (Å²) in [6.07, 6.45) is 58.4. The number of hydrogen-bond donors (Lipinski definition) is 3. The number of carbonyl (C=O) groups is 4. The van der Waals surface area contributed by atoms with Crippen LogP contribution in [0.5, 0.6) is 0 Å². The van der Waals surface area contributed by atoms with Crippen LogP contribution in [-0.2, 0) is 65.4 Å². The molecule has 3 N–H and O–H groups in total. The normalized spacial score (nSPS) is 14.0. The SMILES string of the molecule is CCCCCCCCCCCCCCCCCCCC(=O)OC[C@H](COP(=O)(O)OC[C@@H](O)COP(=O)(O)OC[C@@H](COC(=O)CCCCCCCCC(C)C)OC(=O)CCCCCCCCCCCCCCCC(C)C)OC(=O)CCCCCCCCCCCCCCCCC(C)C. The Morgan fingerprint density at radius 3 is 0.687 bits per heavy atom. The van der Waals surface area contributed by atoms with Gasteiger partial charge in [-0.25, -0.2) is 9.13 Å². The molecule has 99 heavy (non-hydrogen) atoms. The van der Waals surface area contributed by atoms with Crippen molar-refractivity contribution in [1.29, 1.82) is 0 Å². The third kappa shape index (κ3) is 74.1. The van der Waals surface area contributed by atoms with Crippen LogP contribution in [0.3, 0.4) is 0 Å². The Morgan fingerprint density at radius 1 is 0.273 bits per heavy atom. The van der Waals surface area contributed by atoms with Gasteiger partial charge in [0.1, 0.15) is 19.3 Å². The highest BCUT2D eigenvalue weighted by Crippen LogP contribution is 2.45. The van der Waals surface area contributed by atoms with Crippen molar-refractivity contribution in [3.8, 4) is 0 Å². The van der Waals surface area contributed by atoms with E-state index in [0.717, 1.165) is 108 Å². The van der Waals surface area contributed by atoms with Gasteiger partial charge in [-0.3, -0.25) is 37.3 Å². The number of carbonyl (C=O) groups excluding carboxylic acids is 4. The van der Waals surface area contributed by atoms with E-state index in [-0.39, 0.29) is 25.7 Å². The fourth-order valence-electron chi connectivity index (χ4n) is 12.3. The van der Waals surface area contributed by atoms with Crippen LogP contribution in [0.25, 0.3) is 0 Å². The molecule has 0 aliphatic rings. The Balaban J connectivity index is 5.23. The molecule has 2 unspecified atom stereocenters. The summed E-state index contributed by atoms with van der Waals surface area (Å²) in [6.45, 7) is 11.9. The van der Waals surface area contributed by atoms with E-state index >= 15 is 0 Å². The van der Waals surface area contributed by atoms with Crippen LogP contribution in [0.2, 0.25) is 0 Å². The van der Waals surface area contributed by atoms with Crippen molar-refractivity contribution in [2.24, 2.45) is 17.8 Å². The zero-order chi connectivity index (χ0) is 73.0. The zero-order valence-electron chi connectivity index (χ0n) is 65.0. The maximum Gasteiger partial charge on any atom is 0.472 e. The molecule has 0 aromatic rings. The average Bonchev–Trinajstić information content (AvgIpc) is 0.977. The molecule has 0 aliphatic carbocycles. The van der Waals surface area contributed by atoms with Gasteiger partial charge in [0, 0.05) is 25.7 Å². The molecular formula is C80H156O17P2. The fourth-order valence-corrected chi connectivity index (χ4v) is 13.9. The number of rotatable bonds is 78. The Morgan fingerprint density at radius 2 is 0.465 bits per heavy atom. The van der Waals surface area contributed by atoms with Crippen molar-refractivity contribution in [3.05, 3.63) is 0 Å². The standard InChI is InChI=1S/C80H156O17P2/c1-8-9-10-11-12-13-14-15-16-17-18-24-29-34-39-47-54-61-77(82)90-67-75(96-79(84)63-56-49-40-35-30-25-20-19-22-27-32-37-44-51-58-71(2)3)69-94-98(86,87)92-65-74(81)66-93-99(88,89)95-70-76(68-91-78(83)62-55-48-43-42-46-53-60-73(6)7)97-80(85)64-57-50-41-36-31-26-21-23-28-33-38-45-52-59-72(4)5/h71-76,81H,8-70H2,1-7H3,(H,86,87)(H,88,89)/t74-,75-,76-/m1/s1. The van der Waals surface area contributed by atoms with Gasteiger partial charge in [0.25, 0.3) is 0 Å². The van der Waals surface area contributed by atoms with Gasteiger partial charge in [-0.1, -0.05) is 363 Å². The molecule has 0 spiro atoms. The van der Waals surface area contributed by atoms with Crippen LogP contribution in [0, 0.1) is 17.8 Å². The van der Waals surface area contributed by atoms with E-state index in [1.807, 2.05) is 0 Å². The van der Waals surface area contributed by atoms with Crippen molar-refractivity contribution in [1.82, 2.24) is 0 Å². The average molecular weight is 1450 g/mol. The first-order chi connectivity index (χ1) is 47.7. The lowest BCUT2D eigenvalue weighted by molar-refractivity contribution is -0.161. The molecule has 0 amide bonds.